The van der Waals surface area contributed by atoms with Crippen LogP contribution in [-0.4, -0.2) is 0 Å². The number of aryl methyl sites for hydroxylation is 4. The molecule has 0 spiro atoms. The zero-order chi connectivity index (χ0) is 20.6. The third-order valence-electron chi connectivity index (χ3n) is 5.49. The molecule has 3 rings (SSSR count). The van der Waals surface area contributed by atoms with Crippen LogP contribution in [0, 0.1) is 11.6 Å². The molecule has 0 N–H and O–H groups in total. The first-order valence-corrected chi connectivity index (χ1v) is 10.8. The highest BCUT2D eigenvalue weighted by molar-refractivity contribution is 5.65. The molecule has 0 heterocycles. The molecule has 0 aliphatic rings. The van der Waals surface area contributed by atoms with E-state index in [9.17, 15) is 8.78 Å². The molecule has 29 heavy (non-hydrogen) atoms. The van der Waals surface area contributed by atoms with Crippen LogP contribution in [0.25, 0.3) is 11.1 Å². The first-order valence-electron chi connectivity index (χ1n) is 10.8. The molecular weight excluding hydrogens is 362 g/mol. The van der Waals surface area contributed by atoms with Crippen molar-refractivity contribution in [2.75, 3.05) is 0 Å². The first kappa shape index (κ1) is 21.2. The molecule has 0 bridgehead atoms. The lowest BCUT2D eigenvalue weighted by atomic mass is 9.97. The Morgan fingerprint density at radius 2 is 1.14 bits per heavy atom. The average Bonchev–Trinajstić information content (AvgIpc) is 2.75. The van der Waals surface area contributed by atoms with Gasteiger partial charge in [0.15, 0.2) is 11.6 Å². The topological polar surface area (TPSA) is 0 Å². The van der Waals surface area contributed by atoms with Crippen molar-refractivity contribution in [2.24, 2.45) is 0 Å². The fraction of sp³-hybridized carbons (Fsp3) is 0.333. The molecule has 2 heteroatoms. The van der Waals surface area contributed by atoms with Crippen LogP contribution < -0.4 is 0 Å². The second-order valence-corrected chi connectivity index (χ2v) is 7.77. The van der Waals surface area contributed by atoms with Crippen molar-refractivity contribution in [1.29, 1.82) is 0 Å². The molecule has 0 saturated carbocycles. The van der Waals surface area contributed by atoms with Crippen molar-refractivity contribution < 1.29 is 8.78 Å². The minimum atomic E-state index is -0.749. The Morgan fingerprint density at radius 1 is 0.552 bits per heavy atom. The van der Waals surface area contributed by atoms with Gasteiger partial charge in [-0.3, -0.25) is 0 Å². The van der Waals surface area contributed by atoms with E-state index in [1.54, 1.807) is 12.1 Å². The molecule has 0 aromatic heterocycles. The van der Waals surface area contributed by atoms with E-state index in [2.05, 4.69) is 38.1 Å². The molecule has 0 aliphatic carbocycles. The van der Waals surface area contributed by atoms with Crippen LogP contribution in [0.1, 0.15) is 55.4 Å². The lowest BCUT2D eigenvalue weighted by molar-refractivity contribution is 0.501. The van der Waals surface area contributed by atoms with Crippen LogP contribution in [-0.2, 0) is 25.7 Å². The Hall–Kier alpha value is -2.48. The Labute approximate surface area is 173 Å². The van der Waals surface area contributed by atoms with Crippen LogP contribution in [0.2, 0.25) is 0 Å². The maximum absolute atomic E-state index is 14.7. The quantitative estimate of drug-likeness (QED) is 0.350. The predicted molar refractivity (Wildman–Crippen MR) is 118 cm³/mol. The zero-order valence-corrected chi connectivity index (χ0v) is 17.5. The number of unbranched alkanes of at least 4 members (excludes halogenated alkanes) is 1. The highest BCUT2D eigenvalue weighted by Gasteiger charge is 2.14. The van der Waals surface area contributed by atoms with Gasteiger partial charge in [-0.2, -0.15) is 0 Å². The number of benzene rings is 3. The largest absolute Gasteiger partial charge is 0.203 e. The van der Waals surface area contributed by atoms with Gasteiger partial charge in [0.05, 0.1) is 0 Å². The maximum atomic E-state index is 14.7. The van der Waals surface area contributed by atoms with Crippen LogP contribution in [0.4, 0.5) is 8.78 Å². The van der Waals surface area contributed by atoms with Gasteiger partial charge in [-0.1, -0.05) is 87.4 Å². The first-order chi connectivity index (χ1) is 14.1. The summed E-state index contributed by atoms with van der Waals surface area (Å²) in [6.07, 6.45) is 6.73. The van der Waals surface area contributed by atoms with E-state index in [-0.39, 0.29) is 0 Å². The summed E-state index contributed by atoms with van der Waals surface area (Å²) < 4.78 is 29.4. The summed E-state index contributed by atoms with van der Waals surface area (Å²) >= 11 is 0. The van der Waals surface area contributed by atoms with Crippen molar-refractivity contribution in [3.63, 3.8) is 0 Å². The highest BCUT2D eigenvalue weighted by atomic mass is 19.2. The van der Waals surface area contributed by atoms with Crippen molar-refractivity contribution in [3.05, 3.63) is 94.6 Å². The van der Waals surface area contributed by atoms with E-state index in [0.29, 0.717) is 24.0 Å². The molecule has 0 atom stereocenters. The van der Waals surface area contributed by atoms with Crippen molar-refractivity contribution in [2.45, 2.75) is 58.8 Å². The summed E-state index contributed by atoms with van der Waals surface area (Å²) in [4.78, 5) is 0. The van der Waals surface area contributed by atoms with Crippen LogP contribution in [0.15, 0.2) is 60.7 Å². The minimum absolute atomic E-state index is 0.328. The van der Waals surface area contributed by atoms with Gasteiger partial charge in [-0.15, -0.1) is 0 Å². The molecule has 0 unspecified atom stereocenters. The number of hydrogen-bond donors (Lipinski definition) is 0. The smallest absolute Gasteiger partial charge is 0.166 e. The molecule has 0 saturated heterocycles. The molecule has 0 aliphatic heterocycles. The monoisotopic (exact) mass is 392 g/mol. The van der Waals surface area contributed by atoms with Crippen molar-refractivity contribution in [1.82, 2.24) is 0 Å². The van der Waals surface area contributed by atoms with E-state index < -0.39 is 11.6 Å². The molecule has 0 radical (unpaired) electrons. The lowest BCUT2D eigenvalue weighted by Crippen LogP contribution is -2.00. The summed E-state index contributed by atoms with van der Waals surface area (Å²) in [6.45, 7) is 4.32. The summed E-state index contributed by atoms with van der Waals surface area (Å²) in [6, 6.07) is 19.7. The maximum Gasteiger partial charge on any atom is 0.166 e. The van der Waals surface area contributed by atoms with Gasteiger partial charge < -0.3 is 0 Å². The normalized spacial score (nSPS) is 11.0. The average molecular weight is 393 g/mol. The lowest BCUT2D eigenvalue weighted by Gasteiger charge is -2.10. The Bertz CT molecular complexity index is 909. The van der Waals surface area contributed by atoms with E-state index in [1.165, 1.54) is 24.0 Å². The molecule has 3 aromatic carbocycles. The fourth-order valence-electron chi connectivity index (χ4n) is 3.68. The second kappa shape index (κ2) is 10.3. The molecule has 3 aromatic rings. The Morgan fingerprint density at radius 3 is 1.76 bits per heavy atom. The van der Waals surface area contributed by atoms with E-state index in [0.717, 1.165) is 30.4 Å². The second-order valence-electron chi connectivity index (χ2n) is 7.77. The van der Waals surface area contributed by atoms with Gasteiger partial charge >= 0.3 is 0 Å². The van der Waals surface area contributed by atoms with Gasteiger partial charge in [-0.25, -0.2) is 8.78 Å². The third kappa shape index (κ3) is 5.53. The van der Waals surface area contributed by atoms with Gasteiger partial charge in [0.25, 0.3) is 0 Å². The molecule has 0 nitrogen and oxygen atoms in total. The van der Waals surface area contributed by atoms with Gasteiger partial charge in [0.1, 0.15) is 0 Å². The predicted octanol–water partition coefficient (Wildman–Crippen LogP) is 7.71. The van der Waals surface area contributed by atoms with Crippen molar-refractivity contribution in [3.8, 4) is 11.1 Å². The summed E-state index contributed by atoms with van der Waals surface area (Å²) in [5.41, 5.74) is 5.19. The Balaban J connectivity index is 1.69. The van der Waals surface area contributed by atoms with E-state index >= 15 is 0 Å². The SMILES string of the molecule is CCCCc1ccc(CCc2ccc(-c3ccc(CCC)cc3)c(F)c2F)cc1. The van der Waals surface area contributed by atoms with E-state index in [1.807, 2.05) is 24.3 Å². The van der Waals surface area contributed by atoms with E-state index in [4.69, 9.17) is 0 Å². The van der Waals surface area contributed by atoms with Gasteiger partial charge in [0.2, 0.25) is 0 Å². The summed E-state index contributed by atoms with van der Waals surface area (Å²) in [7, 11) is 0. The highest BCUT2D eigenvalue weighted by Crippen LogP contribution is 2.27. The van der Waals surface area contributed by atoms with Crippen molar-refractivity contribution >= 4 is 0 Å². The minimum Gasteiger partial charge on any atom is -0.203 e. The molecule has 0 fully saturated rings. The van der Waals surface area contributed by atoms with Crippen LogP contribution >= 0.6 is 0 Å². The fourth-order valence-corrected chi connectivity index (χ4v) is 3.68. The molecule has 152 valence electrons. The zero-order valence-electron chi connectivity index (χ0n) is 17.5. The van der Waals surface area contributed by atoms with Crippen LogP contribution in [0.3, 0.4) is 0 Å². The standard InChI is InChI=1S/C27H30F2/c1-3-5-7-21-8-10-22(11-9-21)14-17-24-18-19-25(27(29)26(24)28)23-15-12-20(6-4-2)13-16-23/h8-13,15-16,18-19H,3-7,14,17H2,1-2H3. The Kier molecular flexibility index (Phi) is 7.57. The van der Waals surface area contributed by atoms with Gasteiger partial charge in [-0.05, 0) is 59.9 Å². The molecule has 0 amide bonds. The third-order valence-corrected chi connectivity index (χ3v) is 5.49. The van der Waals surface area contributed by atoms with Gasteiger partial charge in [0, 0.05) is 5.56 Å². The number of halogens is 2. The molecular formula is C27H30F2. The summed E-state index contributed by atoms with van der Waals surface area (Å²) in [5.74, 6) is -1.47. The number of rotatable bonds is 9. The number of hydrogen-bond acceptors (Lipinski definition) is 0. The summed E-state index contributed by atoms with van der Waals surface area (Å²) in [5, 5.41) is 0. The van der Waals surface area contributed by atoms with Crippen LogP contribution in [0.5, 0.6) is 0 Å².